The molecule has 1 saturated carbocycles. The first-order valence-corrected chi connectivity index (χ1v) is 9.63. The number of nitrogens with one attached hydrogen (secondary N) is 2. The van der Waals surface area contributed by atoms with Crippen LogP contribution < -0.4 is 10.6 Å². The van der Waals surface area contributed by atoms with Crippen molar-refractivity contribution in [1.29, 1.82) is 0 Å². The molecule has 23 heavy (non-hydrogen) atoms. The molecule has 2 amide bonds. The van der Waals surface area contributed by atoms with Crippen LogP contribution in [0.4, 0.5) is 0 Å². The van der Waals surface area contributed by atoms with Gasteiger partial charge in [-0.1, -0.05) is 6.92 Å². The highest BCUT2D eigenvalue weighted by Crippen LogP contribution is 2.23. The molecule has 1 aromatic rings. The van der Waals surface area contributed by atoms with E-state index in [0.29, 0.717) is 6.42 Å². The third kappa shape index (κ3) is 5.61. The second-order valence-electron chi connectivity index (χ2n) is 6.25. The van der Waals surface area contributed by atoms with Crippen molar-refractivity contribution in [3.05, 3.63) is 24.2 Å². The Morgan fingerprint density at radius 3 is 2.70 bits per heavy atom. The molecule has 0 spiro atoms. The molecular weight excluding hydrogens is 312 g/mol. The number of thioether (sulfide) groups is 1. The van der Waals surface area contributed by atoms with Crippen LogP contribution in [0, 0.1) is 5.92 Å². The SMILES string of the molecule is CSCC[C@H](NC(=O)c1ccco1)C(=O)NC1CCC(C)CC1. The van der Waals surface area contributed by atoms with Gasteiger partial charge in [0, 0.05) is 6.04 Å². The molecular formula is C17H26N2O3S. The molecule has 0 radical (unpaired) electrons. The summed E-state index contributed by atoms with van der Waals surface area (Å²) in [6.45, 7) is 2.25. The summed E-state index contributed by atoms with van der Waals surface area (Å²) < 4.78 is 5.09. The summed E-state index contributed by atoms with van der Waals surface area (Å²) in [5, 5.41) is 5.90. The van der Waals surface area contributed by atoms with E-state index < -0.39 is 6.04 Å². The third-order valence-corrected chi connectivity index (χ3v) is 4.98. The van der Waals surface area contributed by atoms with Crippen molar-refractivity contribution < 1.29 is 14.0 Å². The van der Waals surface area contributed by atoms with Crippen LogP contribution in [0.25, 0.3) is 0 Å². The molecule has 0 saturated heterocycles. The maximum Gasteiger partial charge on any atom is 0.287 e. The first kappa shape index (κ1) is 17.9. The molecule has 1 aliphatic rings. The van der Waals surface area contributed by atoms with E-state index in [1.165, 1.54) is 6.26 Å². The fraction of sp³-hybridized carbons (Fsp3) is 0.647. The summed E-state index contributed by atoms with van der Waals surface area (Å²) in [6, 6.07) is 2.98. The van der Waals surface area contributed by atoms with Crippen molar-refractivity contribution in [2.24, 2.45) is 5.92 Å². The van der Waals surface area contributed by atoms with E-state index in [2.05, 4.69) is 17.6 Å². The van der Waals surface area contributed by atoms with Crippen molar-refractivity contribution in [2.45, 2.75) is 51.1 Å². The molecule has 6 heteroatoms. The van der Waals surface area contributed by atoms with Gasteiger partial charge < -0.3 is 15.1 Å². The van der Waals surface area contributed by atoms with Gasteiger partial charge in [-0.2, -0.15) is 11.8 Å². The van der Waals surface area contributed by atoms with Gasteiger partial charge in [0.1, 0.15) is 6.04 Å². The first-order valence-electron chi connectivity index (χ1n) is 8.23. The van der Waals surface area contributed by atoms with E-state index >= 15 is 0 Å². The van der Waals surface area contributed by atoms with E-state index in [0.717, 1.165) is 37.4 Å². The average Bonchev–Trinajstić information content (AvgIpc) is 3.08. The van der Waals surface area contributed by atoms with Crippen LogP contribution >= 0.6 is 11.8 Å². The van der Waals surface area contributed by atoms with Crippen molar-refractivity contribution in [3.8, 4) is 0 Å². The zero-order valence-corrected chi connectivity index (χ0v) is 14.7. The van der Waals surface area contributed by atoms with Gasteiger partial charge >= 0.3 is 0 Å². The maximum atomic E-state index is 12.5. The van der Waals surface area contributed by atoms with Gasteiger partial charge in [0.05, 0.1) is 6.26 Å². The Labute approximate surface area is 142 Å². The van der Waals surface area contributed by atoms with Gasteiger partial charge in [-0.05, 0) is 62.2 Å². The van der Waals surface area contributed by atoms with Crippen molar-refractivity contribution in [2.75, 3.05) is 12.0 Å². The molecule has 1 aromatic heterocycles. The Morgan fingerprint density at radius 1 is 1.35 bits per heavy atom. The fourth-order valence-electron chi connectivity index (χ4n) is 2.85. The van der Waals surface area contributed by atoms with Gasteiger partial charge in [0.15, 0.2) is 5.76 Å². The third-order valence-electron chi connectivity index (χ3n) is 4.34. The topological polar surface area (TPSA) is 71.3 Å². The van der Waals surface area contributed by atoms with Crippen LogP contribution in [0.5, 0.6) is 0 Å². The molecule has 2 N–H and O–H groups in total. The summed E-state index contributed by atoms with van der Waals surface area (Å²) in [5.41, 5.74) is 0. The monoisotopic (exact) mass is 338 g/mol. The second kappa shape index (κ2) is 9.01. The van der Waals surface area contributed by atoms with Crippen LogP contribution in [0.3, 0.4) is 0 Å². The molecule has 0 aromatic carbocycles. The van der Waals surface area contributed by atoms with Crippen molar-refractivity contribution >= 4 is 23.6 Å². The molecule has 1 atom stereocenters. The molecule has 128 valence electrons. The number of carbonyl (C=O) groups excluding carboxylic acids is 2. The summed E-state index contributed by atoms with van der Waals surface area (Å²) in [6.07, 6.45) is 8.41. The van der Waals surface area contributed by atoms with Gasteiger partial charge in [0.2, 0.25) is 5.91 Å². The van der Waals surface area contributed by atoms with Gasteiger partial charge in [-0.3, -0.25) is 9.59 Å². The zero-order chi connectivity index (χ0) is 16.7. The molecule has 2 rings (SSSR count). The lowest BCUT2D eigenvalue weighted by atomic mass is 9.87. The Balaban J connectivity index is 1.90. The minimum absolute atomic E-state index is 0.0847. The van der Waals surface area contributed by atoms with Crippen LogP contribution in [0.1, 0.15) is 49.6 Å². The largest absolute Gasteiger partial charge is 0.459 e. The second-order valence-corrected chi connectivity index (χ2v) is 7.24. The van der Waals surface area contributed by atoms with Crippen LogP contribution in [-0.4, -0.2) is 35.9 Å². The number of amides is 2. The smallest absolute Gasteiger partial charge is 0.287 e. The summed E-state index contributed by atoms with van der Waals surface area (Å²) in [5.74, 6) is 1.37. The average molecular weight is 338 g/mol. The number of furan rings is 1. The number of rotatable bonds is 7. The Kier molecular flexibility index (Phi) is 7.02. The molecule has 5 nitrogen and oxygen atoms in total. The minimum Gasteiger partial charge on any atom is -0.459 e. The summed E-state index contributed by atoms with van der Waals surface area (Å²) in [4.78, 5) is 24.7. The Bertz CT molecular complexity index is 496. The lowest BCUT2D eigenvalue weighted by Gasteiger charge is -2.28. The van der Waals surface area contributed by atoms with E-state index in [1.54, 1.807) is 23.9 Å². The lowest BCUT2D eigenvalue weighted by molar-refractivity contribution is -0.124. The van der Waals surface area contributed by atoms with E-state index in [1.807, 2.05) is 6.26 Å². The van der Waals surface area contributed by atoms with Crippen molar-refractivity contribution in [3.63, 3.8) is 0 Å². The van der Waals surface area contributed by atoms with Crippen LogP contribution in [-0.2, 0) is 4.79 Å². The van der Waals surface area contributed by atoms with E-state index in [-0.39, 0.29) is 23.6 Å². The zero-order valence-electron chi connectivity index (χ0n) is 13.8. The Morgan fingerprint density at radius 2 is 2.09 bits per heavy atom. The molecule has 0 aliphatic heterocycles. The predicted molar refractivity (Wildman–Crippen MR) is 92.5 cm³/mol. The Hall–Kier alpha value is -1.43. The quantitative estimate of drug-likeness (QED) is 0.802. The van der Waals surface area contributed by atoms with Crippen molar-refractivity contribution in [1.82, 2.24) is 10.6 Å². The molecule has 1 heterocycles. The molecule has 1 fully saturated rings. The first-order chi connectivity index (χ1) is 11.1. The standard InChI is InChI=1S/C17H26N2O3S/c1-12-5-7-13(8-6-12)18-16(20)14(9-11-23-2)19-17(21)15-4-3-10-22-15/h3-4,10,12-14H,5-9,11H2,1-2H3,(H,18,20)(H,19,21)/t12?,13?,14-/m0/s1. The lowest BCUT2D eigenvalue weighted by Crippen LogP contribution is -2.50. The molecule has 0 unspecified atom stereocenters. The predicted octanol–water partition coefficient (Wildman–Crippen LogP) is 2.83. The van der Waals surface area contributed by atoms with Crippen LogP contribution in [0.2, 0.25) is 0 Å². The number of hydrogen-bond donors (Lipinski definition) is 2. The molecule has 1 aliphatic carbocycles. The van der Waals surface area contributed by atoms with E-state index in [9.17, 15) is 9.59 Å². The summed E-state index contributed by atoms with van der Waals surface area (Å²) in [7, 11) is 0. The van der Waals surface area contributed by atoms with Gasteiger partial charge in [-0.15, -0.1) is 0 Å². The van der Waals surface area contributed by atoms with Gasteiger partial charge in [0.25, 0.3) is 5.91 Å². The molecule has 0 bridgehead atoms. The maximum absolute atomic E-state index is 12.5. The van der Waals surface area contributed by atoms with E-state index in [4.69, 9.17) is 4.42 Å². The highest BCUT2D eigenvalue weighted by molar-refractivity contribution is 7.98. The highest BCUT2D eigenvalue weighted by Gasteiger charge is 2.26. The highest BCUT2D eigenvalue weighted by atomic mass is 32.2. The van der Waals surface area contributed by atoms with Gasteiger partial charge in [-0.25, -0.2) is 0 Å². The minimum atomic E-state index is -0.514. The normalized spacial score (nSPS) is 22.3. The number of hydrogen-bond acceptors (Lipinski definition) is 4. The summed E-state index contributed by atoms with van der Waals surface area (Å²) >= 11 is 1.66. The van der Waals surface area contributed by atoms with Crippen LogP contribution in [0.15, 0.2) is 22.8 Å². The fourth-order valence-corrected chi connectivity index (χ4v) is 3.32. The number of carbonyl (C=O) groups is 2.